The number of ether oxygens (including phenoxy) is 8. The molecule has 0 aliphatic carbocycles. The summed E-state index contributed by atoms with van der Waals surface area (Å²) in [5.41, 5.74) is 1.98. The Hall–Kier alpha value is -4.18. The number of benzene rings is 4. The average Bonchev–Trinajstić information content (AvgIpc) is 3.11. The fourth-order valence-corrected chi connectivity index (χ4v) is 5.39. The maximum absolute atomic E-state index is 6.91. The molecule has 0 saturated heterocycles. The van der Waals surface area contributed by atoms with E-state index >= 15 is 0 Å². The standard InChI is InChI=1S/C38H43BrO8/c1-8-38(47-37(26(3)39)44-9-2,29-20-31(40-4)35(32(21-29)41-5)45-24-27-16-12-10-13-17-27)30-22-33(42-6)36(34(23-30)43-7)46-25-28-18-14-11-15-19-28/h8,10-23,26,37H,1,9,24-25H2,2-7H3. The molecule has 9 heteroatoms. The summed E-state index contributed by atoms with van der Waals surface area (Å²) in [5, 5.41) is 0. The molecule has 47 heavy (non-hydrogen) atoms. The van der Waals surface area contributed by atoms with E-state index in [0.29, 0.717) is 65.4 Å². The molecule has 0 aliphatic heterocycles. The van der Waals surface area contributed by atoms with Crippen molar-refractivity contribution in [1.29, 1.82) is 0 Å². The van der Waals surface area contributed by atoms with Gasteiger partial charge in [0.1, 0.15) is 18.8 Å². The topological polar surface area (TPSA) is 73.8 Å². The zero-order valence-electron chi connectivity index (χ0n) is 27.8. The minimum atomic E-state index is -1.32. The van der Waals surface area contributed by atoms with E-state index in [4.69, 9.17) is 37.9 Å². The Morgan fingerprint density at radius 2 is 1.06 bits per heavy atom. The van der Waals surface area contributed by atoms with Gasteiger partial charge in [-0.3, -0.25) is 0 Å². The van der Waals surface area contributed by atoms with Gasteiger partial charge in [-0.15, -0.1) is 0 Å². The molecule has 4 aromatic rings. The van der Waals surface area contributed by atoms with Crippen LogP contribution in [0.1, 0.15) is 36.1 Å². The summed E-state index contributed by atoms with van der Waals surface area (Å²) in [6.45, 7) is 9.19. The lowest BCUT2D eigenvalue weighted by molar-refractivity contribution is -0.182. The summed E-state index contributed by atoms with van der Waals surface area (Å²) in [5.74, 6) is 2.71. The van der Waals surface area contributed by atoms with Crippen molar-refractivity contribution in [3.05, 3.63) is 120 Å². The third kappa shape index (κ3) is 8.41. The highest BCUT2D eigenvalue weighted by atomic mass is 79.9. The van der Waals surface area contributed by atoms with Gasteiger partial charge < -0.3 is 37.9 Å². The molecule has 4 aromatic carbocycles. The van der Waals surface area contributed by atoms with E-state index < -0.39 is 11.9 Å². The molecule has 0 aliphatic rings. The van der Waals surface area contributed by atoms with Crippen LogP contribution in [0.3, 0.4) is 0 Å². The molecular formula is C38H43BrO8. The van der Waals surface area contributed by atoms with Crippen LogP contribution in [0.15, 0.2) is 97.6 Å². The van der Waals surface area contributed by atoms with Crippen LogP contribution in [-0.2, 0) is 28.3 Å². The Balaban J connectivity index is 1.88. The van der Waals surface area contributed by atoms with Crippen molar-refractivity contribution in [2.24, 2.45) is 0 Å². The normalized spacial score (nSPS) is 12.5. The summed E-state index contributed by atoms with van der Waals surface area (Å²) in [6, 6.07) is 27.2. The van der Waals surface area contributed by atoms with E-state index in [1.807, 2.05) is 98.8 Å². The molecule has 0 N–H and O–H groups in total. The van der Waals surface area contributed by atoms with E-state index in [-0.39, 0.29) is 4.83 Å². The lowest BCUT2D eigenvalue weighted by Gasteiger charge is -2.37. The van der Waals surface area contributed by atoms with Crippen LogP contribution in [-0.4, -0.2) is 46.2 Å². The number of methoxy groups -OCH3 is 4. The second-order valence-electron chi connectivity index (χ2n) is 10.5. The Labute approximate surface area is 286 Å². The molecule has 0 heterocycles. The van der Waals surface area contributed by atoms with Crippen LogP contribution in [0.4, 0.5) is 0 Å². The lowest BCUT2D eigenvalue weighted by Crippen LogP contribution is -2.38. The van der Waals surface area contributed by atoms with E-state index in [1.54, 1.807) is 34.5 Å². The summed E-state index contributed by atoms with van der Waals surface area (Å²) in [4.78, 5) is -0.184. The Bertz CT molecular complexity index is 1420. The van der Waals surface area contributed by atoms with Crippen LogP contribution < -0.4 is 28.4 Å². The molecule has 0 amide bonds. The van der Waals surface area contributed by atoms with Crippen LogP contribution >= 0.6 is 15.9 Å². The van der Waals surface area contributed by atoms with E-state index in [1.165, 1.54) is 0 Å². The van der Waals surface area contributed by atoms with Crippen molar-refractivity contribution in [2.75, 3.05) is 35.0 Å². The SMILES string of the molecule is C=CC(OC(OCC)C(C)Br)(c1cc(OC)c(OCc2ccccc2)c(OC)c1)c1cc(OC)c(OCc2ccccc2)c(OC)c1. The molecule has 2 atom stereocenters. The first kappa shape index (κ1) is 35.7. The first-order valence-corrected chi connectivity index (χ1v) is 16.2. The summed E-state index contributed by atoms with van der Waals surface area (Å²) >= 11 is 3.67. The zero-order chi connectivity index (χ0) is 33.8. The molecule has 0 spiro atoms. The molecule has 0 saturated carbocycles. The number of hydrogen-bond donors (Lipinski definition) is 0. The van der Waals surface area contributed by atoms with Crippen molar-refractivity contribution in [2.45, 2.75) is 43.8 Å². The van der Waals surface area contributed by atoms with Crippen molar-refractivity contribution < 1.29 is 37.9 Å². The average molecular weight is 708 g/mol. The first-order chi connectivity index (χ1) is 22.8. The van der Waals surface area contributed by atoms with Crippen molar-refractivity contribution in [3.63, 3.8) is 0 Å². The van der Waals surface area contributed by atoms with Crippen LogP contribution in [0.5, 0.6) is 34.5 Å². The van der Waals surface area contributed by atoms with Gasteiger partial charge in [0, 0.05) is 6.61 Å². The Kier molecular flexibility index (Phi) is 13.0. The number of halogens is 1. The van der Waals surface area contributed by atoms with Crippen LogP contribution in [0.25, 0.3) is 0 Å². The van der Waals surface area contributed by atoms with Gasteiger partial charge in [0.2, 0.25) is 11.5 Å². The zero-order valence-corrected chi connectivity index (χ0v) is 29.4. The largest absolute Gasteiger partial charge is 0.493 e. The quantitative estimate of drug-likeness (QED) is 0.0580. The molecule has 2 unspecified atom stereocenters. The van der Waals surface area contributed by atoms with Gasteiger partial charge in [-0.25, -0.2) is 0 Å². The maximum Gasteiger partial charge on any atom is 0.203 e. The number of alkyl halides is 1. The molecule has 250 valence electrons. The van der Waals surface area contributed by atoms with Crippen molar-refractivity contribution >= 4 is 15.9 Å². The maximum atomic E-state index is 6.91. The third-order valence-electron chi connectivity index (χ3n) is 7.53. The minimum absolute atomic E-state index is 0.184. The fourth-order valence-electron chi connectivity index (χ4n) is 5.13. The van der Waals surface area contributed by atoms with Crippen molar-refractivity contribution in [3.8, 4) is 34.5 Å². The molecule has 0 radical (unpaired) electrons. The fraction of sp³-hybridized carbons (Fsp3) is 0.316. The van der Waals surface area contributed by atoms with Gasteiger partial charge in [0.15, 0.2) is 29.3 Å². The molecule has 8 nitrogen and oxygen atoms in total. The van der Waals surface area contributed by atoms with Crippen LogP contribution in [0, 0.1) is 0 Å². The third-order valence-corrected chi connectivity index (χ3v) is 7.96. The smallest absolute Gasteiger partial charge is 0.203 e. The van der Waals surface area contributed by atoms with E-state index in [9.17, 15) is 0 Å². The molecule has 4 rings (SSSR count). The molecule has 0 fully saturated rings. The highest BCUT2D eigenvalue weighted by Crippen LogP contribution is 2.49. The second-order valence-corrected chi connectivity index (χ2v) is 12.0. The Morgan fingerprint density at radius 1 is 0.681 bits per heavy atom. The number of hydrogen-bond acceptors (Lipinski definition) is 8. The highest BCUT2D eigenvalue weighted by molar-refractivity contribution is 9.09. The van der Waals surface area contributed by atoms with Crippen LogP contribution in [0.2, 0.25) is 0 Å². The van der Waals surface area contributed by atoms with Crippen molar-refractivity contribution in [1.82, 2.24) is 0 Å². The summed E-state index contributed by atoms with van der Waals surface area (Å²) in [7, 11) is 6.33. The molecular weight excluding hydrogens is 664 g/mol. The predicted molar refractivity (Wildman–Crippen MR) is 187 cm³/mol. The monoisotopic (exact) mass is 706 g/mol. The second kappa shape index (κ2) is 17.1. The number of rotatable bonds is 18. The molecule has 0 aromatic heterocycles. The Morgan fingerprint density at radius 3 is 1.36 bits per heavy atom. The van der Waals surface area contributed by atoms with Gasteiger partial charge in [0.05, 0.1) is 33.3 Å². The first-order valence-electron chi connectivity index (χ1n) is 15.3. The van der Waals surface area contributed by atoms with Gasteiger partial charge in [-0.05, 0) is 60.4 Å². The van der Waals surface area contributed by atoms with Gasteiger partial charge in [0.25, 0.3) is 0 Å². The summed E-state index contributed by atoms with van der Waals surface area (Å²) in [6.07, 6.45) is 1.03. The van der Waals surface area contributed by atoms with E-state index in [0.717, 1.165) is 11.1 Å². The van der Waals surface area contributed by atoms with E-state index in [2.05, 4.69) is 22.5 Å². The van der Waals surface area contributed by atoms with Gasteiger partial charge >= 0.3 is 0 Å². The minimum Gasteiger partial charge on any atom is -0.493 e. The highest BCUT2D eigenvalue weighted by Gasteiger charge is 2.40. The summed E-state index contributed by atoms with van der Waals surface area (Å²) < 4.78 is 48.9. The molecule has 0 bridgehead atoms. The van der Waals surface area contributed by atoms with Gasteiger partial charge in [-0.2, -0.15) is 0 Å². The van der Waals surface area contributed by atoms with Gasteiger partial charge in [-0.1, -0.05) is 89.2 Å². The predicted octanol–water partition coefficient (Wildman–Crippen LogP) is 8.47. The lowest BCUT2D eigenvalue weighted by atomic mass is 9.85.